The van der Waals surface area contributed by atoms with Gasteiger partial charge in [-0.05, 0) is 56.7 Å². The largest absolute Gasteiger partial charge is 0.459 e. The normalized spacial score (nSPS) is 15.3. The first-order valence-corrected chi connectivity index (χ1v) is 7.44. The monoisotopic (exact) mass is 257 g/mol. The van der Waals surface area contributed by atoms with E-state index in [1.54, 1.807) is 0 Å². The van der Waals surface area contributed by atoms with Gasteiger partial charge in [-0.2, -0.15) is 0 Å². The molecule has 1 aliphatic rings. The lowest BCUT2D eigenvalue weighted by Crippen LogP contribution is -2.14. The van der Waals surface area contributed by atoms with Crippen molar-refractivity contribution in [1.29, 1.82) is 0 Å². The van der Waals surface area contributed by atoms with Crippen molar-refractivity contribution < 1.29 is 4.42 Å². The highest BCUT2D eigenvalue weighted by Gasteiger charge is 2.31. The van der Waals surface area contributed by atoms with Crippen LogP contribution in [0.2, 0.25) is 0 Å². The zero-order valence-corrected chi connectivity index (χ0v) is 12.2. The molecule has 0 unspecified atom stereocenters. The maximum absolute atomic E-state index is 6.20. The minimum atomic E-state index is 0.736. The van der Waals surface area contributed by atoms with Gasteiger partial charge in [0.15, 0.2) is 0 Å². The smallest absolute Gasteiger partial charge is 0.137 e. The van der Waals surface area contributed by atoms with Crippen molar-refractivity contribution in [2.75, 3.05) is 6.54 Å². The van der Waals surface area contributed by atoms with E-state index >= 15 is 0 Å². The van der Waals surface area contributed by atoms with E-state index in [9.17, 15) is 0 Å². The van der Waals surface area contributed by atoms with Crippen molar-refractivity contribution in [2.24, 2.45) is 0 Å². The maximum Gasteiger partial charge on any atom is 0.137 e. The van der Waals surface area contributed by atoms with Crippen LogP contribution in [0.4, 0.5) is 0 Å². The van der Waals surface area contributed by atoms with Gasteiger partial charge in [0.25, 0.3) is 0 Å². The highest BCUT2D eigenvalue weighted by molar-refractivity contribution is 5.89. The van der Waals surface area contributed by atoms with Gasteiger partial charge in [-0.3, -0.25) is 0 Å². The molecule has 1 aliphatic carbocycles. The summed E-state index contributed by atoms with van der Waals surface area (Å²) < 4.78 is 6.20. The van der Waals surface area contributed by atoms with Crippen molar-refractivity contribution >= 4 is 11.0 Å². The van der Waals surface area contributed by atoms with Crippen LogP contribution < -0.4 is 5.32 Å². The van der Waals surface area contributed by atoms with Gasteiger partial charge in [0, 0.05) is 10.9 Å². The second kappa shape index (κ2) is 5.01. The third-order valence-corrected chi connectivity index (χ3v) is 4.06. The molecule has 19 heavy (non-hydrogen) atoms. The number of hydrogen-bond donors (Lipinski definition) is 1. The second-order valence-corrected chi connectivity index (χ2v) is 5.79. The fraction of sp³-hybridized carbons (Fsp3) is 0.529. The fourth-order valence-corrected chi connectivity index (χ4v) is 2.88. The molecule has 1 saturated carbocycles. The average molecular weight is 257 g/mol. The summed E-state index contributed by atoms with van der Waals surface area (Å²) in [5, 5.41) is 4.87. The van der Waals surface area contributed by atoms with E-state index in [0.29, 0.717) is 0 Å². The molecule has 2 nitrogen and oxygen atoms in total. The van der Waals surface area contributed by atoms with Crippen LogP contribution in [0.1, 0.15) is 54.6 Å². The van der Waals surface area contributed by atoms with E-state index in [4.69, 9.17) is 4.42 Å². The van der Waals surface area contributed by atoms with E-state index < -0.39 is 0 Å². The lowest BCUT2D eigenvalue weighted by molar-refractivity contribution is 0.506. The zero-order chi connectivity index (χ0) is 13.4. The van der Waals surface area contributed by atoms with E-state index in [1.165, 1.54) is 40.7 Å². The quantitative estimate of drug-likeness (QED) is 0.802. The van der Waals surface area contributed by atoms with Crippen molar-refractivity contribution in [1.82, 2.24) is 5.32 Å². The van der Waals surface area contributed by atoms with Crippen LogP contribution >= 0.6 is 0 Å². The van der Waals surface area contributed by atoms with Crippen LogP contribution in [-0.2, 0) is 6.54 Å². The summed E-state index contributed by atoms with van der Waals surface area (Å²) >= 11 is 0. The van der Waals surface area contributed by atoms with Crippen molar-refractivity contribution in [3.8, 4) is 0 Å². The first-order valence-electron chi connectivity index (χ1n) is 7.44. The third kappa shape index (κ3) is 2.30. The summed E-state index contributed by atoms with van der Waals surface area (Å²) in [4.78, 5) is 0. The third-order valence-electron chi connectivity index (χ3n) is 4.06. The molecule has 0 saturated heterocycles. The summed E-state index contributed by atoms with van der Waals surface area (Å²) in [6.07, 6.45) is 3.81. The van der Waals surface area contributed by atoms with Crippen molar-refractivity contribution in [3.63, 3.8) is 0 Å². The van der Waals surface area contributed by atoms with Crippen LogP contribution in [0.5, 0.6) is 0 Å². The molecule has 0 bridgehead atoms. The summed E-state index contributed by atoms with van der Waals surface area (Å²) in [6, 6.07) is 4.39. The molecule has 1 aromatic heterocycles. The summed E-state index contributed by atoms with van der Waals surface area (Å²) in [5.41, 5.74) is 5.20. The molecule has 0 aliphatic heterocycles. The molecule has 1 fully saturated rings. The van der Waals surface area contributed by atoms with Gasteiger partial charge in [0.2, 0.25) is 0 Å². The molecule has 0 atom stereocenters. The van der Waals surface area contributed by atoms with Gasteiger partial charge in [-0.25, -0.2) is 0 Å². The Bertz CT molecular complexity index is 593. The zero-order valence-electron chi connectivity index (χ0n) is 12.2. The molecular weight excluding hydrogens is 234 g/mol. The molecule has 0 amide bonds. The van der Waals surface area contributed by atoms with Crippen molar-refractivity contribution in [2.45, 2.75) is 52.5 Å². The summed E-state index contributed by atoms with van der Waals surface area (Å²) in [6.45, 7) is 8.46. The first-order chi connectivity index (χ1) is 9.22. The Morgan fingerprint density at radius 1 is 1.21 bits per heavy atom. The second-order valence-electron chi connectivity index (χ2n) is 5.79. The maximum atomic E-state index is 6.20. The minimum absolute atomic E-state index is 0.736. The van der Waals surface area contributed by atoms with Gasteiger partial charge in [0.05, 0.1) is 6.54 Å². The summed E-state index contributed by atoms with van der Waals surface area (Å²) in [7, 11) is 0. The Labute approximate surface area is 115 Å². The predicted molar refractivity (Wildman–Crippen MR) is 79.7 cm³/mol. The lowest BCUT2D eigenvalue weighted by Gasteiger charge is -2.04. The van der Waals surface area contributed by atoms with Gasteiger partial charge in [-0.1, -0.05) is 19.1 Å². The Morgan fingerprint density at radius 3 is 2.63 bits per heavy atom. The molecule has 3 rings (SSSR count). The van der Waals surface area contributed by atoms with Crippen LogP contribution in [0.15, 0.2) is 16.5 Å². The van der Waals surface area contributed by atoms with Crippen LogP contribution in [0.3, 0.4) is 0 Å². The minimum Gasteiger partial charge on any atom is -0.459 e. The molecule has 0 radical (unpaired) electrons. The average Bonchev–Trinajstić information content (AvgIpc) is 3.16. The molecule has 1 heterocycles. The Kier molecular flexibility index (Phi) is 3.36. The van der Waals surface area contributed by atoms with Gasteiger partial charge in [0.1, 0.15) is 11.3 Å². The molecule has 102 valence electrons. The predicted octanol–water partition coefficient (Wildman–Crippen LogP) is 4.43. The first kappa shape index (κ1) is 12.7. The van der Waals surface area contributed by atoms with E-state index in [-0.39, 0.29) is 0 Å². The highest BCUT2D eigenvalue weighted by atomic mass is 16.3. The SMILES string of the molecule is CCCNCc1oc2c(C)ccc(C)c2c1C1CC1. The fourth-order valence-electron chi connectivity index (χ4n) is 2.88. The Morgan fingerprint density at radius 2 is 1.95 bits per heavy atom. The molecule has 0 spiro atoms. The number of aryl methyl sites for hydroxylation is 2. The molecular formula is C17H23NO. The number of nitrogens with one attached hydrogen (secondary N) is 1. The van der Waals surface area contributed by atoms with Gasteiger partial charge in [-0.15, -0.1) is 0 Å². The van der Waals surface area contributed by atoms with Crippen LogP contribution in [-0.4, -0.2) is 6.54 Å². The molecule has 1 aromatic carbocycles. The number of hydrogen-bond acceptors (Lipinski definition) is 2. The number of furan rings is 1. The van der Waals surface area contributed by atoms with Gasteiger partial charge >= 0.3 is 0 Å². The number of benzene rings is 1. The molecule has 2 heteroatoms. The van der Waals surface area contributed by atoms with Gasteiger partial charge < -0.3 is 9.73 Å². The van der Waals surface area contributed by atoms with E-state index in [0.717, 1.165) is 31.0 Å². The number of rotatable bonds is 5. The van der Waals surface area contributed by atoms with Crippen LogP contribution in [0, 0.1) is 13.8 Å². The lowest BCUT2D eigenvalue weighted by atomic mass is 10.00. The Hall–Kier alpha value is -1.28. The van der Waals surface area contributed by atoms with E-state index in [2.05, 4.69) is 38.2 Å². The molecule has 2 aromatic rings. The Balaban J connectivity index is 2.08. The topological polar surface area (TPSA) is 25.2 Å². The number of fused-ring (bicyclic) bond motifs is 1. The standard InChI is InChI=1S/C17H23NO/c1-4-9-18-10-14-16(13-7-8-13)15-11(2)5-6-12(3)17(15)19-14/h5-6,13,18H,4,7-10H2,1-3H3. The van der Waals surface area contributed by atoms with E-state index in [1.807, 2.05) is 0 Å². The summed E-state index contributed by atoms with van der Waals surface area (Å²) in [5.74, 6) is 1.91. The molecule has 1 N–H and O–H groups in total. The van der Waals surface area contributed by atoms with Crippen molar-refractivity contribution in [3.05, 3.63) is 34.6 Å². The van der Waals surface area contributed by atoms with Crippen LogP contribution in [0.25, 0.3) is 11.0 Å². The highest BCUT2D eigenvalue weighted by Crippen LogP contribution is 2.47.